The van der Waals surface area contributed by atoms with Crippen molar-refractivity contribution in [3.8, 4) is 0 Å². The summed E-state index contributed by atoms with van der Waals surface area (Å²) < 4.78 is 2.07. The maximum atomic E-state index is 10.4. The van der Waals surface area contributed by atoms with Gasteiger partial charge in [-0.1, -0.05) is 27.7 Å². The van der Waals surface area contributed by atoms with Crippen molar-refractivity contribution in [2.24, 2.45) is 0 Å². The van der Waals surface area contributed by atoms with Gasteiger partial charge in [0.2, 0.25) is 0 Å². The summed E-state index contributed by atoms with van der Waals surface area (Å²) in [6, 6.07) is 2.02. The van der Waals surface area contributed by atoms with Gasteiger partial charge in [-0.05, 0) is 42.9 Å². The number of hydrogen-bond acceptors (Lipinski definition) is 2. The Balaban J connectivity index is 2.70. The average Bonchev–Trinajstić information content (AvgIpc) is 2.68. The van der Waals surface area contributed by atoms with Crippen molar-refractivity contribution in [2.75, 3.05) is 0 Å². The molecule has 0 spiro atoms. The molecule has 19 heavy (non-hydrogen) atoms. The maximum Gasteiger partial charge on any atom is 0.137 e. The molecule has 0 aliphatic heterocycles. The summed E-state index contributed by atoms with van der Waals surface area (Å²) in [5, 5.41) is 10.4. The molecular weight excluding hydrogens is 236 g/mol. The molecule has 0 unspecified atom stereocenters. The number of pyridine rings is 1. The third-order valence-corrected chi connectivity index (χ3v) is 3.51. The van der Waals surface area contributed by atoms with Gasteiger partial charge < -0.3 is 9.51 Å². The second-order valence-electron chi connectivity index (χ2n) is 6.44. The van der Waals surface area contributed by atoms with Crippen LogP contribution in [0.5, 0.6) is 0 Å². The Bertz CT molecular complexity index is 589. The molecule has 3 heteroatoms. The minimum absolute atomic E-state index is 0.371. The zero-order valence-electron chi connectivity index (χ0n) is 12.7. The first-order valence-corrected chi connectivity index (χ1v) is 6.95. The van der Waals surface area contributed by atoms with E-state index in [1.807, 2.05) is 19.9 Å². The molecule has 104 valence electrons. The number of aromatic nitrogens is 2. The van der Waals surface area contributed by atoms with Crippen LogP contribution in [0.3, 0.4) is 0 Å². The Labute approximate surface area is 115 Å². The molecule has 0 atom stereocenters. The first kappa shape index (κ1) is 14.1. The van der Waals surface area contributed by atoms with Gasteiger partial charge in [0, 0.05) is 12.4 Å². The van der Waals surface area contributed by atoms with Crippen LogP contribution in [0.4, 0.5) is 0 Å². The highest BCUT2D eigenvalue weighted by molar-refractivity contribution is 5.49. The number of aliphatic hydroxyl groups is 1. The summed E-state index contributed by atoms with van der Waals surface area (Å²) >= 11 is 0. The lowest BCUT2D eigenvalue weighted by Crippen LogP contribution is -2.19. The highest BCUT2D eigenvalue weighted by Gasteiger charge is 2.23. The summed E-state index contributed by atoms with van der Waals surface area (Å²) in [6.45, 7) is 12.2. The van der Waals surface area contributed by atoms with Gasteiger partial charge in [0.05, 0.1) is 11.3 Å². The average molecular weight is 260 g/mol. The van der Waals surface area contributed by atoms with Crippen molar-refractivity contribution in [3.05, 3.63) is 35.3 Å². The third-order valence-electron chi connectivity index (χ3n) is 3.51. The van der Waals surface area contributed by atoms with Crippen LogP contribution in [0.1, 0.15) is 70.2 Å². The maximum absolute atomic E-state index is 10.4. The van der Waals surface area contributed by atoms with E-state index in [0.29, 0.717) is 11.8 Å². The molecule has 2 rings (SSSR count). The molecule has 0 aliphatic carbocycles. The van der Waals surface area contributed by atoms with E-state index >= 15 is 0 Å². The van der Waals surface area contributed by atoms with Gasteiger partial charge in [-0.25, -0.2) is 4.98 Å². The van der Waals surface area contributed by atoms with Gasteiger partial charge in [-0.15, -0.1) is 0 Å². The second-order valence-corrected chi connectivity index (χ2v) is 6.44. The minimum atomic E-state index is -0.842. The number of imidazole rings is 1. The topological polar surface area (TPSA) is 37.5 Å². The molecule has 2 aromatic rings. The molecule has 0 aliphatic rings. The molecule has 0 radical (unpaired) electrons. The molecule has 0 saturated heterocycles. The highest BCUT2D eigenvalue weighted by Crippen LogP contribution is 2.30. The number of nitrogens with zero attached hydrogens (tertiary/aromatic N) is 2. The van der Waals surface area contributed by atoms with E-state index in [0.717, 1.165) is 16.9 Å². The van der Waals surface area contributed by atoms with Crippen molar-refractivity contribution >= 4 is 5.65 Å². The molecule has 0 aromatic carbocycles. The Morgan fingerprint density at radius 1 is 1.11 bits per heavy atom. The van der Waals surface area contributed by atoms with E-state index in [9.17, 15) is 5.11 Å². The van der Waals surface area contributed by atoms with Gasteiger partial charge >= 0.3 is 0 Å². The molecule has 2 aromatic heterocycles. The quantitative estimate of drug-likeness (QED) is 0.911. The van der Waals surface area contributed by atoms with Crippen LogP contribution in [0.15, 0.2) is 18.5 Å². The summed E-state index contributed by atoms with van der Waals surface area (Å²) in [5.41, 5.74) is 3.29. The zero-order chi connectivity index (χ0) is 14.4. The van der Waals surface area contributed by atoms with E-state index in [1.165, 1.54) is 5.56 Å². The second kappa shape index (κ2) is 4.64. The molecule has 1 N–H and O–H groups in total. The predicted octanol–water partition coefficient (Wildman–Crippen LogP) is 3.81. The van der Waals surface area contributed by atoms with Crippen molar-refractivity contribution in [1.82, 2.24) is 9.38 Å². The Morgan fingerprint density at radius 3 is 2.21 bits per heavy atom. The van der Waals surface area contributed by atoms with Gasteiger partial charge in [-0.2, -0.15) is 0 Å². The summed E-state index contributed by atoms with van der Waals surface area (Å²) in [7, 11) is 0. The molecule has 0 amide bonds. The van der Waals surface area contributed by atoms with Crippen molar-refractivity contribution in [3.63, 3.8) is 0 Å². The lowest BCUT2D eigenvalue weighted by Gasteiger charge is -2.23. The monoisotopic (exact) mass is 260 g/mol. The molecule has 3 nitrogen and oxygen atoms in total. The number of fused-ring (bicyclic) bond motifs is 1. The fourth-order valence-electron chi connectivity index (χ4n) is 2.34. The Kier molecular flexibility index (Phi) is 3.43. The fourth-order valence-corrected chi connectivity index (χ4v) is 2.34. The van der Waals surface area contributed by atoms with Crippen molar-refractivity contribution in [2.45, 2.75) is 59.0 Å². The fraction of sp³-hybridized carbons (Fsp3) is 0.562. The predicted molar refractivity (Wildman–Crippen MR) is 78.6 cm³/mol. The van der Waals surface area contributed by atoms with E-state index in [-0.39, 0.29) is 0 Å². The van der Waals surface area contributed by atoms with Crippen LogP contribution >= 0.6 is 0 Å². The SMILES string of the molecule is CC(C)c1cn2cc(C(C)C)c(C(C)(C)O)cc2n1. The van der Waals surface area contributed by atoms with E-state index in [4.69, 9.17) is 0 Å². The smallest absolute Gasteiger partial charge is 0.137 e. The van der Waals surface area contributed by atoms with E-state index in [2.05, 4.69) is 49.5 Å². The standard InChI is InChI=1S/C16H24N2O/c1-10(2)12-8-18-9-14(11(3)4)17-15(18)7-13(12)16(5,6)19/h7-11,19H,1-6H3. The van der Waals surface area contributed by atoms with E-state index in [1.54, 1.807) is 0 Å². The zero-order valence-corrected chi connectivity index (χ0v) is 12.7. The van der Waals surface area contributed by atoms with Crippen LogP contribution < -0.4 is 0 Å². The first-order valence-electron chi connectivity index (χ1n) is 6.95. The molecule has 0 saturated carbocycles. The Morgan fingerprint density at radius 2 is 1.74 bits per heavy atom. The highest BCUT2D eigenvalue weighted by atomic mass is 16.3. The van der Waals surface area contributed by atoms with Gasteiger partial charge in [0.1, 0.15) is 5.65 Å². The number of hydrogen-bond donors (Lipinski definition) is 1. The first-order chi connectivity index (χ1) is 8.70. The summed E-state index contributed by atoms with van der Waals surface area (Å²) in [5.74, 6) is 0.781. The van der Waals surface area contributed by atoms with Gasteiger partial charge in [0.25, 0.3) is 0 Å². The van der Waals surface area contributed by atoms with Crippen LogP contribution in [-0.2, 0) is 5.60 Å². The molecule has 0 bridgehead atoms. The number of rotatable bonds is 3. The van der Waals surface area contributed by atoms with Crippen LogP contribution in [-0.4, -0.2) is 14.5 Å². The molecular formula is C16H24N2O. The Hall–Kier alpha value is -1.35. The minimum Gasteiger partial charge on any atom is -0.386 e. The largest absolute Gasteiger partial charge is 0.386 e. The normalized spacial score (nSPS) is 12.9. The molecule has 2 heterocycles. The third kappa shape index (κ3) is 2.66. The molecule has 0 fully saturated rings. The lowest BCUT2D eigenvalue weighted by molar-refractivity contribution is 0.0773. The van der Waals surface area contributed by atoms with Crippen molar-refractivity contribution in [1.29, 1.82) is 0 Å². The summed E-state index contributed by atoms with van der Waals surface area (Å²) in [4.78, 5) is 4.64. The van der Waals surface area contributed by atoms with Crippen LogP contribution in [0.2, 0.25) is 0 Å². The van der Waals surface area contributed by atoms with Crippen LogP contribution in [0, 0.1) is 0 Å². The van der Waals surface area contributed by atoms with Gasteiger partial charge in [-0.3, -0.25) is 0 Å². The summed E-state index contributed by atoms with van der Waals surface area (Å²) in [6.07, 6.45) is 4.19. The van der Waals surface area contributed by atoms with Gasteiger partial charge in [0.15, 0.2) is 0 Å². The van der Waals surface area contributed by atoms with Crippen LogP contribution in [0.25, 0.3) is 5.65 Å². The van der Waals surface area contributed by atoms with Crippen molar-refractivity contribution < 1.29 is 5.11 Å². The lowest BCUT2D eigenvalue weighted by atomic mass is 9.89. The van der Waals surface area contributed by atoms with E-state index < -0.39 is 5.60 Å².